The summed E-state index contributed by atoms with van der Waals surface area (Å²) in [5.74, 6) is -0.520. The predicted octanol–water partition coefficient (Wildman–Crippen LogP) is 1.45. The highest BCUT2D eigenvalue weighted by molar-refractivity contribution is 6.52. The zero-order chi connectivity index (χ0) is 16.3. The quantitative estimate of drug-likeness (QED) is 0.785. The van der Waals surface area contributed by atoms with Crippen molar-refractivity contribution in [2.45, 2.75) is 6.92 Å². The van der Waals surface area contributed by atoms with Crippen LogP contribution in [0.2, 0.25) is 0 Å². The number of halogens is 1. The highest BCUT2D eigenvalue weighted by Gasteiger charge is 2.21. The number of allylic oxidation sites excluding steroid dienone is 2. The van der Waals surface area contributed by atoms with E-state index in [0.29, 0.717) is 5.70 Å². The molecule has 0 fully saturated rings. The fourth-order valence-corrected chi connectivity index (χ4v) is 1.99. The van der Waals surface area contributed by atoms with Crippen LogP contribution in [-0.4, -0.2) is 30.2 Å². The molecule has 2 rings (SSSR count). The van der Waals surface area contributed by atoms with Crippen LogP contribution in [0.3, 0.4) is 0 Å². The van der Waals surface area contributed by atoms with E-state index in [1.807, 2.05) is 0 Å². The standard InChI is InChI=1S/C15H17FN4O2/c1-8(17)5-11-15(19-4-3-13(18)20-11)14-10(16)6-9(22-2)7-12(14)21/h3,5-7,21H,4,17-18H2,1-2H3/b8-5-. The van der Waals surface area contributed by atoms with Crippen molar-refractivity contribution in [3.05, 3.63) is 47.2 Å². The van der Waals surface area contributed by atoms with E-state index in [9.17, 15) is 9.50 Å². The summed E-state index contributed by atoms with van der Waals surface area (Å²) in [6, 6.07) is 2.47. The molecule has 0 saturated heterocycles. The Morgan fingerprint density at radius 3 is 2.77 bits per heavy atom. The van der Waals surface area contributed by atoms with Crippen LogP contribution in [0.5, 0.6) is 11.5 Å². The summed E-state index contributed by atoms with van der Waals surface area (Å²) in [5.41, 5.74) is 12.2. The van der Waals surface area contributed by atoms with Gasteiger partial charge in [0.25, 0.3) is 0 Å². The lowest BCUT2D eigenvalue weighted by molar-refractivity contribution is 0.402. The number of methoxy groups -OCH3 is 1. The Balaban J connectivity index is 2.62. The second kappa shape index (κ2) is 6.30. The third-order valence-corrected chi connectivity index (χ3v) is 2.92. The fourth-order valence-electron chi connectivity index (χ4n) is 1.99. The minimum Gasteiger partial charge on any atom is -0.507 e. The second-order valence-electron chi connectivity index (χ2n) is 4.71. The van der Waals surface area contributed by atoms with E-state index in [4.69, 9.17) is 16.2 Å². The minimum atomic E-state index is -0.674. The Bertz CT molecular complexity index is 693. The molecule has 0 saturated carbocycles. The number of benzene rings is 1. The maximum absolute atomic E-state index is 14.3. The summed E-state index contributed by atoms with van der Waals surface area (Å²) < 4.78 is 19.3. The molecule has 0 radical (unpaired) electrons. The van der Waals surface area contributed by atoms with Gasteiger partial charge in [-0.3, -0.25) is 4.99 Å². The number of rotatable bonds is 3. The zero-order valence-corrected chi connectivity index (χ0v) is 12.3. The number of nitrogens with two attached hydrogens (primary N) is 2. The van der Waals surface area contributed by atoms with Crippen LogP contribution in [0.1, 0.15) is 12.5 Å². The van der Waals surface area contributed by atoms with Gasteiger partial charge >= 0.3 is 0 Å². The largest absolute Gasteiger partial charge is 0.507 e. The summed E-state index contributed by atoms with van der Waals surface area (Å²) >= 11 is 0. The normalized spacial score (nSPS) is 15.6. The predicted molar refractivity (Wildman–Crippen MR) is 83.7 cm³/mol. The lowest BCUT2D eigenvalue weighted by Crippen LogP contribution is -2.18. The molecule has 116 valence electrons. The van der Waals surface area contributed by atoms with E-state index < -0.39 is 5.82 Å². The molecule has 0 amide bonds. The van der Waals surface area contributed by atoms with Crippen LogP contribution < -0.4 is 16.2 Å². The molecule has 1 aliphatic rings. The van der Waals surface area contributed by atoms with Gasteiger partial charge in [-0.1, -0.05) is 0 Å². The third-order valence-electron chi connectivity index (χ3n) is 2.92. The van der Waals surface area contributed by atoms with Crippen LogP contribution >= 0.6 is 0 Å². The van der Waals surface area contributed by atoms with Gasteiger partial charge in [0.15, 0.2) is 0 Å². The molecule has 7 heteroatoms. The molecule has 6 nitrogen and oxygen atoms in total. The second-order valence-corrected chi connectivity index (χ2v) is 4.71. The molecule has 1 aromatic carbocycles. The highest BCUT2D eigenvalue weighted by Crippen LogP contribution is 2.28. The highest BCUT2D eigenvalue weighted by atomic mass is 19.1. The first-order valence-electron chi connectivity index (χ1n) is 6.52. The molecule has 0 bridgehead atoms. The van der Waals surface area contributed by atoms with Gasteiger partial charge in [0, 0.05) is 17.8 Å². The first-order valence-corrected chi connectivity index (χ1v) is 6.52. The molecule has 1 aromatic rings. The molecular formula is C15H17FN4O2. The van der Waals surface area contributed by atoms with Crippen molar-refractivity contribution in [3.8, 4) is 11.5 Å². The molecule has 0 aromatic heterocycles. The van der Waals surface area contributed by atoms with Gasteiger partial charge < -0.3 is 21.3 Å². The first-order chi connectivity index (χ1) is 10.4. The van der Waals surface area contributed by atoms with Crippen LogP contribution in [-0.2, 0) is 0 Å². The monoisotopic (exact) mass is 304 g/mol. The number of aliphatic imine (C=N–C) groups is 2. The van der Waals surface area contributed by atoms with Crippen molar-refractivity contribution < 1.29 is 14.2 Å². The van der Waals surface area contributed by atoms with Crippen LogP contribution in [0.15, 0.2) is 45.8 Å². The van der Waals surface area contributed by atoms with E-state index >= 15 is 0 Å². The van der Waals surface area contributed by atoms with E-state index in [-0.39, 0.29) is 40.9 Å². The molecule has 22 heavy (non-hydrogen) atoms. The molecule has 0 spiro atoms. The molecule has 0 unspecified atom stereocenters. The molecule has 1 aliphatic heterocycles. The first kappa shape index (κ1) is 15.6. The summed E-state index contributed by atoms with van der Waals surface area (Å²) in [7, 11) is 1.38. The number of hydrogen-bond acceptors (Lipinski definition) is 6. The van der Waals surface area contributed by atoms with E-state index in [0.717, 1.165) is 6.07 Å². The summed E-state index contributed by atoms with van der Waals surface area (Å²) in [6.07, 6.45) is 3.11. The Labute approximate surface area is 127 Å². The summed E-state index contributed by atoms with van der Waals surface area (Å²) in [5, 5.41) is 10.1. The topological polar surface area (TPSA) is 106 Å². The van der Waals surface area contributed by atoms with Crippen LogP contribution in [0.4, 0.5) is 4.39 Å². The van der Waals surface area contributed by atoms with Crippen molar-refractivity contribution in [2.75, 3.05) is 13.7 Å². The van der Waals surface area contributed by atoms with Gasteiger partial charge in [0.2, 0.25) is 0 Å². The number of phenols is 1. The molecule has 1 heterocycles. The number of aromatic hydroxyl groups is 1. The molecule has 0 aliphatic carbocycles. The summed E-state index contributed by atoms with van der Waals surface area (Å²) in [6.45, 7) is 1.88. The summed E-state index contributed by atoms with van der Waals surface area (Å²) in [4.78, 5) is 8.40. The number of phenolic OH excluding ortho intramolecular Hbond substituents is 1. The van der Waals surface area contributed by atoms with Gasteiger partial charge in [-0.05, 0) is 19.1 Å². The van der Waals surface area contributed by atoms with Gasteiger partial charge in [-0.25, -0.2) is 9.38 Å². The lowest BCUT2D eigenvalue weighted by Gasteiger charge is -2.11. The minimum absolute atomic E-state index is 0.0693. The number of hydrogen-bond donors (Lipinski definition) is 3. The molecular weight excluding hydrogens is 287 g/mol. The van der Waals surface area contributed by atoms with Crippen molar-refractivity contribution in [1.82, 2.24) is 0 Å². The Morgan fingerprint density at radius 1 is 1.45 bits per heavy atom. The SMILES string of the molecule is COc1cc(O)c(C2=NCC=C(N)N=C2/C=C(/C)N)c(F)c1. The van der Waals surface area contributed by atoms with Crippen LogP contribution in [0.25, 0.3) is 0 Å². The number of nitrogens with zero attached hydrogens (tertiary/aromatic N) is 2. The van der Waals surface area contributed by atoms with E-state index in [1.54, 1.807) is 13.0 Å². The Hall–Kier alpha value is -2.83. The van der Waals surface area contributed by atoms with Gasteiger partial charge in [-0.2, -0.15) is 0 Å². The number of ether oxygens (including phenoxy) is 1. The van der Waals surface area contributed by atoms with E-state index in [2.05, 4.69) is 9.98 Å². The Kier molecular flexibility index (Phi) is 4.45. The molecule has 5 N–H and O–H groups in total. The van der Waals surface area contributed by atoms with Gasteiger partial charge in [-0.15, -0.1) is 0 Å². The maximum Gasteiger partial charge on any atom is 0.140 e. The van der Waals surface area contributed by atoms with Crippen LogP contribution in [0, 0.1) is 5.82 Å². The van der Waals surface area contributed by atoms with Crippen molar-refractivity contribution >= 4 is 11.4 Å². The fraction of sp³-hybridized carbons (Fsp3) is 0.200. The zero-order valence-electron chi connectivity index (χ0n) is 12.3. The van der Waals surface area contributed by atoms with Crippen molar-refractivity contribution in [3.63, 3.8) is 0 Å². The van der Waals surface area contributed by atoms with E-state index in [1.165, 1.54) is 19.3 Å². The lowest BCUT2D eigenvalue weighted by atomic mass is 10.0. The third kappa shape index (κ3) is 3.25. The average molecular weight is 304 g/mol. The smallest absolute Gasteiger partial charge is 0.140 e. The molecule has 0 atom stereocenters. The van der Waals surface area contributed by atoms with Crippen molar-refractivity contribution in [1.29, 1.82) is 0 Å². The van der Waals surface area contributed by atoms with Gasteiger partial charge in [0.05, 0.1) is 30.6 Å². The maximum atomic E-state index is 14.3. The van der Waals surface area contributed by atoms with Crippen molar-refractivity contribution in [2.24, 2.45) is 21.5 Å². The van der Waals surface area contributed by atoms with Gasteiger partial charge in [0.1, 0.15) is 23.1 Å². The Morgan fingerprint density at radius 2 is 2.18 bits per heavy atom. The average Bonchev–Trinajstić information content (AvgIpc) is 2.59.